The summed E-state index contributed by atoms with van der Waals surface area (Å²) in [6.45, 7) is 0. The van der Waals surface area contributed by atoms with E-state index in [0.717, 1.165) is 121 Å². The average Bonchev–Trinajstić information content (AvgIpc) is 4.18. The standard InChI is InChI=1S/C63H37N5O2/c1-3-17-38(18-4-1)40-21-15-22-41(33-40)42-34-51-46-26-10-14-32-58(46)70-60(51)56(35-42)67-52-29-11-7-23-43(52)49-36-50-44-24-8-12-30-53(44)68(55(50)37-54(49)67)63-65-61(39-19-5-2-6-20-39)64-62(66-63)48-28-16-27-47-45-25-9-13-31-57(45)69-59(47)48/h1-37H. The molecular formula is C63H37N5O2. The minimum Gasteiger partial charge on any atom is -0.455 e. The van der Waals surface area contributed by atoms with Crippen molar-refractivity contribution in [3.05, 3.63) is 224 Å². The summed E-state index contributed by atoms with van der Waals surface area (Å²) in [5.74, 6) is 1.59. The molecule has 15 rings (SSSR count). The van der Waals surface area contributed by atoms with Gasteiger partial charge >= 0.3 is 0 Å². The van der Waals surface area contributed by atoms with E-state index in [1.165, 1.54) is 5.56 Å². The lowest BCUT2D eigenvalue weighted by molar-refractivity contribution is 0.666. The number of para-hydroxylation sites is 5. The maximum absolute atomic E-state index is 6.92. The van der Waals surface area contributed by atoms with Crippen LogP contribution in [0.25, 0.3) is 144 Å². The zero-order chi connectivity index (χ0) is 45.9. The van der Waals surface area contributed by atoms with Gasteiger partial charge in [0.2, 0.25) is 5.95 Å². The van der Waals surface area contributed by atoms with Gasteiger partial charge in [-0.1, -0.05) is 164 Å². The number of nitrogens with zero attached hydrogens (tertiary/aromatic N) is 5. The number of furan rings is 2. The monoisotopic (exact) mass is 895 g/mol. The molecule has 0 aliphatic heterocycles. The Morgan fingerprint density at radius 3 is 1.54 bits per heavy atom. The van der Waals surface area contributed by atoms with Crippen LogP contribution in [0.2, 0.25) is 0 Å². The second kappa shape index (κ2) is 15.0. The van der Waals surface area contributed by atoms with Crippen molar-refractivity contribution in [2.24, 2.45) is 0 Å². The molecular weight excluding hydrogens is 859 g/mol. The van der Waals surface area contributed by atoms with Crippen LogP contribution in [0.4, 0.5) is 0 Å². The number of hydrogen-bond acceptors (Lipinski definition) is 5. The summed E-state index contributed by atoms with van der Waals surface area (Å²) in [6.07, 6.45) is 0. The lowest BCUT2D eigenvalue weighted by atomic mass is 9.97. The van der Waals surface area contributed by atoms with Gasteiger partial charge in [-0.25, -0.2) is 4.98 Å². The third kappa shape index (κ3) is 5.79. The van der Waals surface area contributed by atoms with Crippen molar-refractivity contribution >= 4 is 87.5 Å². The summed E-state index contributed by atoms with van der Waals surface area (Å²) in [7, 11) is 0. The first-order valence-corrected chi connectivity index (χ1v) is 23.5. The molecule has 0 aliphatic carbocycles. The van der Waals surface area contributed by atoms with E-state index in [1.54, 1.807) is 0 Å². The highest BCUT2D eigenvalue weighted by molar-refractivity contribution is 6.20. The molecule has 5 aromatic heterocycles. The Bertz CT molecular complexity index is 4600. The number of hydrogen-bond donors (Lipinski definition) is 0. The molecule has 0 atom stereocenters. The van der Waals surface area contributed by atoms with Crippen LogP contribution >= 0.6 is 0 Å². The fourth-order valence-electron chi connectivity index (χ4n) is 10.8. The molecule has 0 amide bonds. The van der Waals surface area contributed by atoms with Crippen LogP contribution in [0.3, 0.4) is 0 Å². The normalized spacial score (nSPS) is 12.0. The largest absolute Gasteiger partial charge is 0.455 e. The average molecular weight is 896 g/mol. The SMILES string of the molecule is c1ccc(-c2cccc(-c3cc(-n4c5ccccc5c5cc6c7ccccc7n(-c7nc(-c8ccccc8)nc(-c8cccc9c8oc8ccccc89)n7)c6cc54)c4oc5ccccc5c4c3)c2)cc1. The van der Waals surface area contributed by atoms with Gasteiger partial charge in [-0.15, -0.1) is 0 Å². The van der Waals surface area contributed by atoms with Crippen molar-refractivity contribution in [2.45, 2.75) is 0 Å². The topological polar surface area (TPSA) is 74.8 Å². The fourth-order valence-corrected chi connectivity index (χ4v) is 10.8. The van der Waals surface area contributed by atoms with E-state index in [0.29, 0.717) is 17.6 Å². The molecule has 0 radical (unpaired) electrons. The van der Waals surface area contributed by atoms with Crippen molar-refractivity contribution < 1.29 is 8.83 Å². The second-order valence-electron chi connectivity index (χ2n) is 17.9. The van der Waals surface area contributed by atoms with E-state index in [-0.39, 0.29) is 0 Å². The Hall–Kier alpha value is -9.59. The molecule has 0 saturated carbocycles. The first-order chi connectivity index (χ1) is 34.7. The smallest absolute Gasteiger partial charge is 0.238 e. The predicted octanol–water partition coefficient (Wildman–Crippen LogP) is 16.5. The van der Waals surface area contributed by atoms with Crippen LogP contribution in [0.15, 0.2) is 233 Å². The predicted molar refractivity (Wildman–Crippen MR) is 285 cm³/mol. The Balaban J connectivity index is 1.03. The van der Waals surface area contributed by atoms with E-state index < -0.39 is 0 Å². The van der Waals surface area contributed by atoms with Crippen molar-refractivity contribution in [3.8, 4) is 56.7 Å². The van der Waals surface area contributed by atoms with Crippen LogP contribution in [0, 0.1) is 0 Å². The maximum atomic E-state index is 6.92. The Morgan fingerprint density at radius 1 is 0.286 bits per heavy atom. The molecule has 15 aromatic rings. The van der Waals surface area contributed by atoms with E-state index in [2.05, 4.69) is 173 Å². The van der Waals surface area contributed by atoms with E-state index in [9.17, 15) is 0 Å². The second-order valence-corrected chi connectivity index (χ2v) is 17.9. The first-order valence-electron chi connectivity index (χ1n) is 23.5. The molecule has 0 bridgehead atoms. The molecule has 5 heterocycles. The summed E-state index contributed by atoms with van der Waals surface area (Å²) in [5, 5.41) is 8.64. The summed E-state index contributed by atoms with van der Waals surface area (Å²) >= 11 is 0. The van der Waals surface area contributed by atoms with Gasteiger partial charge in [0, 0.05) is 48.7 Å². The Kier molecular flexibility index (Phi) is 8.23. The van der Waals surface area contributed by atoms with Gasteiger partial charge in [-0.05, 0) is 82.9 Å². The Morgan fingerprint density at radius 2 is 0.814 bits per heavy atom. The summed E-state index contributed by atoms with van der Waals surface area (Å²) in [6, 6.07) is 78.7. The molecule has 70 heavy (non-hydrogen) atoms. The minimum absolute atomic E-state index is 0.505. The van der Waals surface area contributed by atoms with Gasteiger partial charge < -0.3 is 13.4 Å². The molecule has 7 nitrogen and oxygen atoms in total. The Labute approximate surface area is 399 Å². The highest BCUT2D eigenvalue weighted by Gasteiger charge is 2.24. The lowest BCUT2D eigenvalue weighted by Crippen LogP contribution is -2.06. The molecule has 0 saturated heterocycles. The van der Waals surface area contributed by atoms with E-state index in [4.69, 9.17) is 23.8 Å². The fraction of sp³-hybridized carbons (Fsp3) is 0. The maximum Gasteiger partial charge on any atom is 0.238 e. The number of benzene rings is 10. The molecule has 0 N–H and O–H groups in total. The number of rotatable bonds is 6. The van der Waals surface area contributed by atoms with Gasteiger partial charge in [0.05, 0.1) is 33.3 Å². The zero-order valence-electron chi connectivity index (χ0n) is 37.4. The van der Waals surface area contributed by atoms with Gasteiger partial charge in [0.15, 0.2) is 17.2 Å². The third-order valence-electron chi connectivity index (χ3n) is 14.0. The van der Waals surface area contributed by atoms with Crippen LogP contribution in [-0.2, 0) is 0 Å². The summed E-state index contributed by atoms with van der Waals surface area (Å²) < 4.78 is 18.1. The van der Waals surface area contributed by atoms with Crippen molar-refractivity contribution in [1.29, 1.82) is 0 Å². The minimum atomic E-state index is 0.505. The third-order valence-corrected chi connectivity index (χ3v) is 14.0. The summed E-state index contributed by atoms with van der Waals surface area (Å²) in [4.78, 5) is 15.9. The number of aromatic nitrogens is 5. The van der Waals surface area contributed by atoms with Crippen LogP contribution in [-0.4, -0.2) is 24.1 Å². The molecule has 10 aromatic carbocycles. The molecule has 0 fully saturated rings. The van der Waals surface area contributed by atoms with Crippen molar-refractivity contribution in [3.63, 3.8) is 0 Å². The van der Waals surface area contributed by atoms with Gasteiger partial charge in [-0.2, -0.15) is 9.97 Å². The number of fused-ring (bicyclic) bond motifs is 12. The van der Waals surface area contributed by atoms with Crippen LogP contribution in [0.5, 0.6) is 0 Å². The van der Waals surface area contributed by atoms with Crippen LogP contribution in [0.1, 0.15) is 0 Å². The quantitative estimate of drug-likeness (QED) is 0.166. The zero-order valence-corrected chi connectivity index (χ0v) is 37.4. The molecule has 7 heteroatoms. The molecule has 0 spiro atoms. The molecule has 0 aliphatic rings. The van der Waals surface area contributed by atoms with Crippen molar-refractivity contribution in [2.75, 3.05) is 0 Å². The lowest BCUT2D eigenvalue weighted by Gasteiger charge is -2.13. The van der Waals surface area contributed by atoms with E-state index in [1.807, 2.05) is 60.7 Å². The molecule has 326 valence electrons. The first kappa shape index (κ1) is 38.5. The van der Waals surface area contributed by atoms with Gasteiger partial charge in [0.25, 0.3) is 0 Å². The van der Waals surface area contributed by atoms with Crippen LogP contribution < -0.4 is 0 Å². The van der Waals surface area contributed by atoms with Gasteiger partial charge in [0.1, 0.15) is 16.7 Å². The highest BCUT2D eigenvalue weighted by atomic mass is 16.3. The molecule has 0 unspecified atom stereocenters. The van der Waals surface area contributed by atoms with Gasteiger partial charge in [-0.3, -0.25) is 4.57 Å². The highest BCUT2D eigenvalue weighted by Crippen LogP contribution is 2.44. The van der Waals surface area contributed by atoms with E-state index >= 15 is 0 Å². The summed E-state index contributed by atoms with van der Waals surface area (Å²) in [5.41, 5.74) is 14.5. The van der Waals surface area contributed by atoms with Crippen molar-refractivity contribution in [1.82, 2.24) is 24.1 Å².